The van der Waals surface area contributed by atoms with Crippen molar-refractivity contribution in [1.29, 1.82) is 0 Å². The Bertz CT molecular complexity index is 307. The second kappa shape index (κ2) is 9.53. The zero-order valence-electron chi connectivity index (χ0n) is 10.2. The molecule has 3 nitrogen and oxygen atoms in total. The zero-order chi connectivity index (χ0) is 12.3. The van der Waals surface area contributed by atoms with Gasteiger partial charge in [-0.25, -0.2) is 0 Å². The lowest BCUT2D eigenvalue weighted by Crippen LogP contribution is -2.22. The van der Waals surface area contributed by atoms with Crippen LogP contribution in [0.2, 0.25) is 0 Å². The van der Waals surface area contributed by atoms with E-state index in [2.05, 4.69) is 27.9 Å². The first kappa shape index (κ1) is 14.6. The second-order valence-electron chi connectivity index (χ2n) is 3.65. The van der Waals surface area contributed by atoms with Crippen molar-refractivity contribution in [3.05, 3.63) is 24.3 Å². The Morgan fingerprint density at radius 1 is 1.12 bits per heavy atom. The fraction of sp³-hybridized carbons (Fsp3) is 0.538. The van der Waals surface area contributed by atoms with E-state index in [1.807, 2.05) is 24.3 Å². The summed E-state index contributed by atoms with van der Waals surface area (Å²) in [5.41, 5.74) is 0. The van der Waals surface area contributed by atoms with Crippen LogP contribution in [0, 0.1) is 0 Å². The lowest BCUT2D eigenvalue weighted by atomic mass is 10.3. The van der Waals surface area contributed by atoms with Gasteiger partial charge in [-0.15, -0.1) is 0 Å². The molecule has 0 spiro atoms. The molecule has 0 amide bonds. The zero-order valence-corrected chi connectivity index (χ0v) is 12.4. The van der Waals surface area contributed by atoms with E-state index in [-0.39, 0.29) is 0 Å². The number of ether oxygens (including phenoxy) is 2. The largest absolute Gasteiger partial charge is 0.493 e. The maximum Gasteiger partial charge on any atom is 0.161 e. The summed E-state index contributed by atoms with van der Waals surface area (Å²) in [5.74, 6) is 1.60. The van der Waals surface area contributed by atoms with Gasteiger partial charge in [0.05, 0.1) is 7.11 Å². The molecule has 96 valence electrons. The van der Waals surface area contributed by atoms with Crippen molar-refractivity contribution in [3.63, 3.8) is 0 Å². The Labute approximate surface area is 117 Å². The molecule has 0 aliphatic carbocycles. The van der Waals surface area contributed by atoms with Crippen LogP contribution in [-0.4, -0.2) is 31.2 Å². The second-order valence-corrected chi connectivity index (χ2v) is 4.72. The van der Waals surface area contributed by atoms with Crippen LogP contribution < -0.4 is 14.8 Å². The maximum atomic E-state index is 5.65. The van der Waals surface area contributed by atoms with E-state index in [1.54, 1.807) is 7.11 Å². The quantitative estimate of drug-likeness (QED) is 0.423. The lowest BCUT2D eigenvalue weighted by Gasteiger charge is -2.10. The van der Waals surface area contributed by atoms with Gasteiger partial charge in [-0.05, 0) is 35.9 Å². The standard InChI is InChI=1S/C13H20INO2/c1-16-12-6-2-3-7-13(12)17-11-10-15-9-5-4-8-14/h2-3,6-7,15H,4-5,8-11H2,1H3. The highest BCUT2D eigenvalue weighted by atomic mass is 127. The minimum Gasteiger partial charge on any atom is -0.493 e. The van der Waals surface area contributed by atoms with Crippen LogP contribution in [0.1, 0.15) is 12.8 Å². The summed E-state index contributed by atoms with van der Waals surface area (Å²) in [4.78, 5) is 0. The molecule has 0 bridgehead atoms. The van der Waals surface area contributed by atoms with E-state index >= 15 is 0 Å². The van der Waals surface area contributed by atoms with Crippen LogP contribution in [0.3, 0.4) is 0 Å². The SMILES string of the molecule is COc1ccccc1OCCNCCCCI. The van der Waals surface area contributed by atoms with Gasteiger partial charge < -0.3 is 14.8 Å². The van der Waals surface area contributed by atoms with E-state index in [0.29, 0.717) is 6.61 Å². The first-order valence-corrected chi connectivity index (χ1v) is 7.43. The highest BCUT2D eigenvalue weighted by Crippen LogP contribution is 2.25. The van der Waals surface area contributed by atoms with Crippen molar-refractivity contribution in [2.45, 2.75) is 12.8 Å². The molecule has 1 aromatic carbocycles. The van der Waals surface area contributed by atoms with Gasteiger partial charge in [-0.3, -0.25) is 0 Å². The van der Waals surface area contributed by atoms with Gasteiger partial charge in [0, 0.05) is 6.54 Å². The number of rotatable bonds is 9. The fourth-order valence-corrected chi connectivity index (χ4v) is 1.98. The van der Waals surface area contributed by atoms with E-state index < -0.39 is 0 Å². The van der Waals surface area contributed by atoms with Gasteiger partial charge in [0.25, 0.3) is 0 Å². The van der Waals surface area contributed by atoms with E-state index in [9.17, 15) is 0 Å². The van der Waals surface area contributed by atoms with Crippen LogP contribution in [0.5, 0.6) is 11.5 Å². The van der Waals surface area contributed by atoms with E-state index in [0.717, 1.165) is 24.6 Å². The summed E-state index contributed by atoms with van der Waals surface area (Å²) < 4.78 is 12.1. The number of hydrogen-bond acceptors (Lipinski definition) is 3. The molecule has 0 aliphatic heterocycles. The summed E-state index contributed by atoms with van der Waals surface area (Å²) in [6.07, 6.45) is 2.51. The summed E-state index contributed by atoms with van der Waals surface area (Å²) >= 11 is 2.40. The molecule has 0 saturated heterocycles. The molecular formula is C13H20INO2. The molecule has 4 heteroatoms. The Morgan fingerprint density at radius 2 is 1.88 bits per heavy atom. The molecule has 0 heterocycles. The van der Waals surface area contributed by atoms with Crippen molar-refractivity contribution in [3.8, 4) is 11.5 Å². The lowest BCUT2D eigenvalue weighted by molar-refractivity contribution is 0.292. The Kier molecular flexibility index (Phi) is 8.17. The number of halogens is 1. The Morgan fingerprint density at radius 3 is 2.59 bits per heavy atom. The minimum atomic E-state index is 0.671. The van der Waals surface area contributed by atoms with Gasteiger partial charge >= 0.3 is 0 Å². The molecule has 0 fully saturated rings. The maximum absolute atomic E-state index is 5.65. The van der Waals surface area contributed by atoms with Crippen molar-refractivity contribution in [2.75, 3.05) is 31.2 Å². The monoisotopic (exact) mass is 349 g/mol. The highest BCUT2D eigenvalue weighted by Gasteiger charge is 2.01. The number of alkyl halides is 1. The van der Waals surface area contributed by atoms with Gasteiger partial charge in [0.2, 0.25) is 0 Å². The van der Waals surface area contributed by atoms with Gasteiger partial charge in [-0.2, -0.15) is 0 Å². The van der Waals surface area contributed by atoms with Crippen molar-refractivity contribution in [2.24, 2.45) is 0 Å². The molecule has 1 aromatic rings. The molecule has 1 N–H and O–H groups in total. The van der Waals surface area contributed by atoms with Crippen LogP contribution >= 0.6 is 22.6 Å². The smallest absolute Gasteiger partial charge is 0.161 e. The number of unbranched alkanes of at least 4 members (excludes halogenated alkanes) is 1. The number of para-hydroxylation sites is 2. The molecule has 0 unspecified atom stereocenters. The molecule has 1 rings (SSSR count). The van der Waals surface area contributed by atoms with E-state index in [1.165, 1.54) is 17.3 Å². The van der Waals surface area contributed by atoms with Crippen molar-refractivity contribution >= 4 is 22.6 Å². The molecule has 0 aromatic heterocycles. The molecular weight excluding hydrogens is 329 g/mol. The molecule has 0 radical (unpaired) electrons. The van der Waals surface area contributed by atoms with Gasteiger partial charge in [0.1, 0.15) is 6.61 Å². The van der Waals surface area contributed by atoms with Crippen LogP contribution in [0.25, 0.3) is 0 Å². The molecule has 0 saturated carbocycles. The first-order chi connectivity index (χ1) is 8.38. The number of nitrogens with one attached hydrogen (secondary N) is 1. The van der Waals surface area contributed by atoms with Crippen LogP contribution in [0.15, 0.2) is 24.3 Å². The van der Waals surface area contributed by atoms with Crippen molar-refractivity contribution < 1.29 is 9.47 Å². The summed E-state index contributed by atoms with van der Waals surface area (Å²) in [5, 5.41) is 3.36. The average Bonchev–Trinajstić information content (AvgIpc) is 2.38. The fourth-order valence-electron chi connectivity index (χ4n) is 1.44. The molecule has 17 heavy (non-hydrogen) atoms. The van der Waals surface area contributed by atoms with Crippen LogP contribution in [0.4, 0.5) is 0 Å². The van der Waals surface area contributed by atoms with Crippen molar-refractivity contribution in [1.82, 2.24) is 5.32 Å². The minimum absolute atomic E-state index is 0.671. The third-order valence-corrected chi connectivity index (χ3v) is 3.11. The normalized spacial score (nSPS) is 10.2. The third kappa shape index (κ3) is 6.12. The predicted octanol–water partition coefficient (Wildman–Crippen LogP) is 2.88. The van der Waals surface area contributed by atoms with E-state index in [4.69, 9.17) is 9.47 Å². The van der Waals surface area contributed by atoms with Gasteiger partial charge in [0.15, 0.2) is 11.5 Å². The number of hydrogen-bond donors (Lipinski definition) is 1. The average molecular weight is 349 g/mol. The highest BCUT2D eigenvalue weighted by molar-refractivity contribution is 14.1. The van der Waals surface area contributed by atoms with Gasteiger partial charge in [-0.1, -0.05) is 34.7 Å². The van der Waals surface area contributed by atoms with Crippen LogP contribution in [-0.2, 0) is 0 Å². The third-order valence-electron chi connectivity index (χ3n) is 2.34. The Hall–Kier alpha value is -0.490. The number of methoxy groups -OCH3 is 1. The first-order valence-electron chi connectivity index (χ1n) is 5.91. The summed E-state index contributed by atoms with van der Waals surface area (Å²) in [6, 6.07) is 7.72. The summed E-state index contributed by atoms with van der Waals surface area (Å²) in [7, 11) is 1.66. The number of benzene rings is 1. The molecule has 0 atom stereocenters. The Balaban J connectivity index is 2.13. The predicted molar refractivity (Wildman–Crippen MR) is 79.5 cm³/mol. The topological polar surface area (TPSA) is 30.5 Å². The molecule has 0 aliphatic rings. The summed E-state index contributed by atoms with van der Waals surface area (Å²) in [6.45, 7) is 2.61.